The Morgan fingerprint density at radius 2 is 1.88 bits per heavy atom. The predicted molar refractivity (Wildman–Crippen MR) is 93.1 cm³/mol. The highest BCUT2D eigenvalue weighted by molar-refractivity contribution is 5.88. The second kappa shape index (κ2) is 7.74. The topological polar surface area (TPSA) is 99.8 Å². The van der Waals surface area contributed by atoms with Gasteiger partial charge in [0.25, 0.3) is 5.91 Å². The van der Waals surface area contributed by atoms with Gasteiger partial charge in [-0.15, -0.1) is 0 Å². The molecule has 1 atom stereocenters. The van der Waals surface area contributed by atoms with Crippen LogP contribution in [-0.4, -0.2) is 35.3 Å². The van der Waals surface area contributed by atoms with Crippen LogP contribution < -0.4 is 16.3 Å². The number of hydrogen-bond donors (Lipinski definition) is 3. The molecule has 140 valence electrons. The van der Waals surface area contributed by atoms with Crippen LogP contribution in [0.3, 0.4) is 0 Å². The maximum atomic E-state index is 12.5. The highest BCUT2D eigenvalue weighted by Gasteiger charge is 2.51. The fourth-order valence-corrected chi connectivity index (χ4v) is 3.29. The molecule has 1 heterocycles. The fraction of sp³-hybridized carbons (Fsp3) is 0.500. The van der Waals surface area contributed by atoms with Gasteiger partial charge >= 0.3 is 6.03 Å². The summed E-state index contributed by atoms with van der Waals surface area (Å²) in [6.07, 6.45) is 3.64. The second-order valence-corrected chi connectivity index (χ2v) is 7.02. The molecule has 0 radical (unpaired) electrons. The summed E-state index contributed by atoms with van der Waals surface area (Å²) in [6.45, 7) is 2.04. The van der Waals surface area contributed by atoms with Crippen molar-refractivity contribution >= 4 is 17.8 Å². The van der Waals surface area contributed by atoms with E-state index in [9.17, 15) is 14.4 Å². The van der Waals surface area contributed by atoms with Crippen LogP contribution in [0, 0.1) is 5.41 Å². The van der Waals surface area contributed by atoms with E-state index >= 15 is 0 Å². The van der Waals surface area contributed by atoms with Crippen LogP contribution in [0.15, 0.2) is 30.3 Å². The number of piperidine rings is 1. The Morgan fingerprint density at radius 3 is 2.54 bits per heavy atom. The summed E-state index contributed by atoms with van der Waals surface area (Å²) in [4.78, 5) is 42.7. The summed E-state index contributed by atoms with van der Waals surface area (Å²) >= 11 is 0. The van der Waals surface area contributed by atoms with Crippen molar-refractivity contribution in [3.8, 4) is 0 Å². The standard InChI is InChI=1S/C18H24N4O4/c1-13(23)19-20-16(24)15-11-18(7-8-18)9-10-22(15)17(25)21-26-12-14-5-3-2-4-6-14/h2-6,15H,7-12H2,1H3,(H,19,23)(H,20,24)(H,21,25)/t15-/m0/s1. The number of nitrogens with zero attached hydrogens (tertiary/aromatic N) is 1. The lowest BCUT2D eigenvalue weighted by Crippen LogP contribution is -2.58. The lowest BCUT2D eigenvalue weighted by atomic mass is 9.88. The highest BCUT2D eigenvalue weighted by atomic mass is 16.7. The minimum absolute atomic E-state index is 0.167. The zero-order valence-electron chi connectivity index (χ0n) is 14.8. The Bertz CT molecular complexity index is 675. The fourth-order valence-electron chi connectivity index (χ4n) is 3.29. The molecule has 0 unspecified atom stereocenters. The van der Waals surface area contributed by atoms with Crippen molar-refractivity contribution in [2.45, 2.75) is 45.3 Å². The van der Waals surface area contributed by atoms with Crippen molar-refractivity contribution in [2.24, 2.45) is 5.41 Å². The van der Waals surface area contributed by atoms with Gasteiger partial charge in [-0.1, -0.05) is 30.3 Å². The number of urea groups is 1. The molecule has 3 N–H and O–H groups in total. The first-order valence-electron chi connectivity index (χ1n) is 8.78. The molecule has 0 bridgehead atoms. The average Bonchev–Trinajstić information content (AvgIpc) is 3.39. The molecule has 8 nitrogen and oxygen atoms in total. The zero-order chi connectivity index (χ0) is 18.6. The van der Waals surface area contributed by atoms with Crippen molar-refractivity contribution in [2.75, 3.05) is 6.54 Å². The van der Waals surface area contributed by atoms with Crippen molar-refractivity contribution < 1.29 is 19.2 Å². The van der Waals surface area contributed by atoms with Crippen LogP contribution in [0.25, 0.3) is 0 Å². The summed E-state index contributed by atoms with van der Waals surface area (Å²) < 4.78 is 0. The van der Waals surface area contributed by atoms with E-state index in [1.807, 2.05) is 30.3 Å². The Hall–Kier alpha value is -2.61. The Labute approximate surface area is 152 Å². The molecule has 1 saturated heterocycles. The van der Waals surface area contributed by atoms with Crippen molar-refractivity contribution in [3.05, 3.63) is 35.9 Å². The van der Waals surface area contributed by atoms with E-state index in [1.54, 1.807) is 0 Å². The van der Waals surface area contributed by atoms with Crippen LogP contribution in [-0.2, 0) is 21.0 Å². The maximum absolute atomic E-state index is 12.5. The molecule has 0 aromatic heterocycles. The van der Waals surface area contributed by atoms with E-state index in [2.05, 4.69) is 16.3 Å². The van der Waals surface area contributed by atoms with E-state index in [4.69, 9.17) is 4.84 Å². The third-order valence-electron chi connectivity index (χ3n) is 5.01. The first-order valence-corrected chi connectivity index (χ1v) is 8.78. The summed E-state index contributed by atoms with van der Waals surface area (Å²) in [5, 5.41) is 0. The van der Waals surface area contributed by atoms with Crippen molar-refractivity contribution in [3.63, 3.8) is 0 Å². The second-order valence-electron chi connectivity index (χ2n) is 7.02. The number of nitrogens with one attached hydrogen (secondary N) is 3. The molecule has 4 amide bonds. The molecule has 1 spiro atoms. The smallest absolute Gasteiger partial charge is 0.311 e. The third kappa shape index (κ3) is 4.51. The number of amides is 4. The van der Waals surface area contributed by atoms with E-state index < -0.39 is 12.1 Å². The molecule has 2 fully saturated rings. The van der Waals surface area contributed by atoms with Crippen LogP contribution in [0.4, 0.5) is 4.79 Å². The Balaban J connectivity index is 1.56. The van der Waals surface area contributed by atoms with Gasteiger partial charge in [0.05, 0.1) is 6.61 Å². The first-order chi connectivity index (χ1) is 12.5. The van der Waals surface area contributed by atoms with Crippen LogP contribution in [0.1, 0.15) is 38.2 Å². The van der Waals surface area contributed by atoms with Gasteiger partial charge in [-0.2, -0.15) is 0 Å². The van der Waals surface area contributed by atoms with E-state index in [0.29, 0.717) is 13.0 Å². The molecule has 1 saturated carbocycles. The molecule has 1 aliphatic heterocycles. The molecular weight excluding hydrogens is 336 g/mol. The van der Waals surface area contributed by atoms with Gasteiger partial charge in [0.15, 0.2) is 0 Å². The Morgan fingerprint density at radius 1 is 1.15 bits per heavy atom. The highest BCUT2D eigenvalue weighted by Crippen LogP contribution is 2.55. The molecule has 26 heavy (non-hydrogen) atoms. The van der Waals surface area contributed by atoms with E-state index in [0.717, 1.165) is 24.8 Å². The molecule has 1 aromatic carbocycles. The SMILES string of the molecule is CC(=O)NNC(=O)[C@@H]1CC2(CCN1C(=O)NOCc1ccccc1)CC2. The van der Waals surface area contributed by atoms with Gasteiger partial charge in [-0.05, 0) is 36.7 Å². The molecule has 1 aromatic rings. The quantitative estimate of drug-likeness (QED) is 0.704. The van der Waals surface area contributed by atoms with Crippen molar-refractivity contribution in [1.29, 1.82) is 0 Å². The van der Waals surface area contributed by atoms with Crippen LogP contribution in [0.2, 0.25) is 0 Å². The minimum atomic E-state index is -0.626. The number of hydrazine groups is 1. The number of benzene rings is 1. The number of hydroxylamine groups is 1. The number of hydrogen-bond acceptors (Lipinski definition) is 4. The number of carbonyl (C=O) groups is 3. The average molecular weight is 360 g/mol. The van der Waals surface area contributed by atoms with Gasteiger partial charge in [-0.25, -0.2) is 10.3 Å². The molecule has 1 aliphatic carbocycles. The minimum Gasteiger partial charge on any atom is -0.311 e. The summed E-state index contributed by atoms with van der Waals surface area (Å²) in [5.41, 5.74) is 8.19. The maximum Gasteiger partial charge on any atom is 0.342 e. The molecular formula is C18H24N4O4. The first kappa shape index (κ1) is 18.2. The largest absolute Gasteiger partial charge is 0.342 e. The van der Waals surface area contributed by atoms with Gasteiger partial charge in [0.2, 0.25) is 5.91 Å². The predicted octanol–water partition coefficient (Wildman–Crippen LogP) is 1.24. The summed E-state index contributed by atoms with van der Waals surface area (Å²) in [7, 11) is 0. The molecule has 3 rings (SSSR count). The zero-order valence-corrected chi connectivity index (χ0v) is 14.8. The van der Waals surface area contributed by atoms with Crippen LogP contribution in [0.5, 0.6) is 0 Å². The molecule has 2 aliphatic rings. The number of carbonyl (C=O) groups excluding carboxylic acids is 3. The lowest BCUT2D eigenvalue weighted by Gasteiger charge is -2.38. The van der Waals surface area contributed by atoms with E-state index in [-0.39, 0.29) is 23.8 Å². The van der Waals surface area contributed by atoms with Crippen molar-refractivity contribution in [1.82, 2.24) is 21.2 Å². The number of likely N-dealkylation sites (tertiary alicyclic amines) is 1. The number of rotatable bonds is 4. The summed E-state index contributed by atoms with van der Waals surface area (Å²) in [6, 6.07) is 8.41. The monoisotopic (exact) mass is 360 g/mol. The lowest BCUT2D eigenvalue weighted by molar-refractivity contribution is -0.132. The molecule has 8 heteroatoms. The van der Waals surface area contributed by atoms with Gasteiger partial charge in [-0.3, -0.25) is 25.3 Å². The summed E-state index contributed by atoms with van der Waals surface area (Å²) in [5.74, 6) is -0.748. The Kier molecular flexibility index (Phi) is 5.41. The van der Waals surface area contributed by atoms with Gasteiger partial charge < -0.3 is 4.90 Å². The van der Waals surface area contributed by atoms with Gasteiger partial charge in [0, 0.05) is 13.5 Å². The van der Waals surface area contributed by atoms with Gasteiger partial charge in [0.1, 0.15) is 6.04 Å². The normalized spacial score (nSPS) is 20.3. The third-order valence-corrected chi connectivity index (χ3v) is 5.01. The van der Waals surface area contributed by atoms with E-state index in [1.165, 1.54) is 11.8 Å². The van der Waals surface area contributed by atoms with Crippen LogP contribution >= 0.6 is 0 Å².